The van der Waals surface area contributed by atoms with Gasteiger partial charge in [0.15, 0.2) is 0 Å². The van der Waals surface area contributed by atoms with Crippen molar-refractivity contribution < 1.29 is 4.79 Å². The molecule has 0 aliphatic carbocycles. The molecule has 104 valence electrons. The summed E-state index contributed by atoms with van der Waals surface area (Å²) in [7, 11) is 0. The summed E-state index contributed by atoms with van der Waals surface area (Å²) >= 11 is 0. The Hall–Kier alpha value is -1.42. The first-order chi connectivity index (χ1) is 9.36. The first kappa shape index (κ1) is 14.0. The summed E-state index contributed by atoms with van der Waals surface area (Å²) < 4.78 is 0. The average molecular weight is 261 g/mol. The number of amides is 1. The fourth-order valence-corrected chi connectivity index (χ4v) is 2.39. The molecule has 0 saturated carbocycles. The van der Waals surface area contributed by atoms with Gasteiger partial charge in [-0.05, 0) is 25.0 Å². The molecule has 1 aromatic heterocycles. The third-order valence-electron chi connectivity index (χ3n) is 3.52. The third-order valence-corrected chi connectivity index (χ3v) is 3.52. The molecule has 1 saturated heterocycles. The molecule has 1 aromatic rings. The van der Waals surface area contributed by atoms with E-state index in [1.807, 2.05) is 23.1 Å². The van der Waals surface area contributed by atoms with Crippen molar-refractivity contribution in [3.05, 3.63) is 30.1 Å². The molecule has 1 fully saturated rings. The molecule has 2 heterocycles. The number of hydrogen-bond acceptors (Lipinski definition) is 3. The molecular formula is C15H23N3O. The topological polar surface area (TPSA) is 45.2 Å². The van der Waals surface area contributed by atoms with Gasteiger partial charge in [-0.1, -0.05) is 18.9 Å². The largest absolute Gasteiger partial charge is 0.342 e. The molecule has 0 bridgehead atoms. The molecule has 1 aliphatic rings. The lowest BCUT2D eigenvalue weighted by Gasteiger charge is -2.20. The van der Waals surface area contributed by atoms with E-state index in [2.05, 4.69) is 10.3 Å². The Kier molecular flexibility index (Phi) is 5.82. The van der Waals surface area contributed by atoms with E-state index < -0.39 is 0 Å². The monoisotopic (exact) mass is 261 g/mol. The second-order valence-electron chi connectivity index (χ2n) is 5.04. The van der Waals surface area contributed by atoms with Gasteiger partial charge in [-0.2, -0.15) is 0 Å². The van der Waals surface area contributed by atoms with Gasteiger partial charge in [0.25, 0.3) is 0 Å². The van der Waals surface area contributed by atoms with Crippen LogP contribution in [-0.4, -0.2) is 42.0 Å². The number of rotatable bonds is 5. The number of nitrogens with one attached hydrogen (secondary N) is 1. The molecule has 0 radical (unpaired) electrons. The van der Waals surface area contributed by atoms with Crippen LogP contribution in [0.5, 0.6) is 0 Å². The molecule has 1 amide bonds. The van der Waals surface area contributed by atoms with Gasteiger partial charge in [0.2, 0.25) is 5.91 Å². The Labute approximate surface area is 115 Å². The van der Waals surface area contributed by atoms with Crippen LogP contribution in [0.1, 0.15) is 31.4 Å². The molecule has 1 aliphatic heterocycles. The molecule has 2 rings (SSSR count). The van der Waals surface area contributed by atoms with Crippen molar-refractivity contribution >= 4 is 5.91 Å². The van der Waals surface area contributed by atoms with E-state index in [-0.39, 0.29) is 5.91 Å². The summed E-state index contributed by atoms with van der Waals surface area (Å²) in [6.45, 7) is 3.12. The van der Waals surface area contributed by atoms with E-state index >= 15 is 0 Å². The fourth-order valence-electron chi connectivity index (χ4n) is 2.39. The minimum absolute atomic E-state index is 0.239. The number of hydrogen-bond donors (Lipinski definition) is 1. The molecule has 0 aromatic carbocycles. The first-order valence-electron chi connectivity index (χ1n) is 7.24. The van der Waals surface area contributed by atoms with Gasteiger partial charge >= 0.3 is 0 Å². The quantitative estimate of drug-likeness (QED) is 0.819. The maximum absolute atomic E-state index is 12.0. The number of pyridine rings is 1. The van der Waals surface area contributed by atoms with Crippen molar-refractivity contribution in [1.29, 1.82) is 0 Å². The Bertz CT molecular complexity index is 372. The van der Waals surface area contributed by atoms with Gasteiger partial charge < -0.3 is 10.2 Å². The van der Waals surface area contributed by atoms with Gasteiger partial charge in [-0.3, -0.25) is 9.78 Å². The zero-order valence-electron chi connectivity index (χ0n) is 11.5. The Morgan fingerprint density at radius 2 is 2.00 bits per heavy atom. The SMILES string of the molecule is O=C(CNCCc1ccccn1)N1CCCCCC1. The molecule has 4 nitrogen and oxygen atoms in total. The maximum atomic E-state index is 12.0. The van der Waals surface area contributed by atoms with Crippen molar-refractivity contribution in [2.24, 2.45) is 0 Å². The van der Waals surface area contributed by atoms with Gasteiger partial charge in [-0.15, -0.1) is 0 Å². The van der Waals surface area contributed by atoms with Crippen LogP contribution in [0.4, 0.5) is 0 Å². The number of carbonyl (C=O) groups excluding carboxylic acids is 1. The molecule has 0 atom stereocenters. The van der Waals surface area contributed by atoms with Crippen molar-refractivity contribution in [1.82, 2.24) is 15.2 Å². The molecule has 19 heavy (non-hydrogen) atoms. The lowest BCUT2D eigenvalue weighted by atomic mass is 10.2. The smallest absolute Gasteiger partial charge is 0.236 e. The minimum atomic E-state index is 0.239. The second-order valence-corrected chi connectivity index (χ2v) is 5.04. The van der Waals surface area contributed by atoms with Crippen molar-refractivity contribution in [2.75, 3.05) is 26.2 Å². The summed E-state index contributed by atoms with van der Waals surface area (Å²) in [5.74, 6) is 0.239. The predicted molar refractivity (Wildman–Crippen MR) is 75.9 cm³/mol. The second kappa shape index (κ2) is 7.89. The van der Waals surface area contributed by atoms with Crippen LogP contribution in [0.2, 0.25) is 0 Å². The highest BCUT2D eigenvalue weighted by molar-refractivity contribution is 5.78. The standard InChI is InChI=1S/C15H23N3O/c19-15(18-11-5-1-2-6-12-18)13-16-10-8-14-7-3-4-9-17-14/h3-4,7,9,16H,1-2,5-6,8,10-13H2. The Morgan fingerprint density at radius 1 is 1.21 bits per heavy atom. The van der Waals surface area contributed by atoms with Crippen LogP contribution in [0.25, 0.3) is 0 Å². The number of nitrogens with zero attached hydrogens (tertiary/aromatic N) is 2. The van der Waals surface area contributed by atoms with Crippen LogP contribution in [-0.2, 0) is 11.2 Å². The average Bonchev–Trinajstić information content (AvgIpc) is 2.73. The zero-order valence-corrected chi connectivity index (χ0v) is 11.5. The van der Waals surface area contributed by atoms with E-state index in [0.717, 1.165) is 44.6 Å². The predicted octanol–water partition coefficient (Wildman–Crippen LogP) is 1.62. The van der Waals surface area contributed by atoms with Crippen LogP contribution < -0.4 is 5.32 Å². The normalized spacial score (nSPS) is 16.1. The van der Waals surface area contributed by atoms with Crippen LogP contribution in [0.15, 0.2) is 24.4 Å². The highest BCUT2D eigenvalue weighted by Crippen LogP contribution is 2.09. The highest BCUT2D eigenvalue weighted by atomic mass is 16.2. The van der Waals surface area contributed by atoms with Crippen LogP contribution in [0, 0.1) is 0 Å². The van der Waals surface area contributed by atoms with Crippen LogP contribution >= 0.6 is 0 Å². The fraction of sp³-hybridized carbons (Fsp3) is 0.600. The lowest BCUT2D eigenvalue weighted by molar-refractivity contribution is -0.130. The van der Waals surface area contributed by atoms with Gasteiger partial charge in [-0.25, -0.2) is 0 Å². The van der Waals surface area contributed by atoms with Crippen LogP contribution in [0.3, 0.4) is 0 Å². The molecule has 0 unspecified atom stereocenters. The van der Waals surface area contributed by atoms with E-state index in [9.17, 15) is 4.79 Å². The number of carbonyl (C=O) groups is 1. The molecule has 4 heteroatoms. The van der Waals surface area contributed by atoms with E-state index in [1.165, 1.54) is 12.8 Å². The summed E-state index contributed by atoms with van der Waals surface area (Å²) in [5.41, 5.74) is 1.07. The van der Waals surface area contributed by atoms with Gasteiger partial charge in [0.1, 0.15) is 0 Å². The van der Waals surface area contributed by atoms with E-state index in [4.69, 9.17) is 0 Å². The van der Waals surface area contributed by atoms with Crippen molar-refractivity contribution in [3.63, 3.8) is 0 Å². The maximum Gasteiger partial charge on any atom is 0.236 e. The summed E-state index contributed by atoms with van der Waals surface area (Å²) in [6.07, 6.45) is 7.50. The zero-order chi connectivity index (χ0) is 13.3. The summed E-state index contributed by atoms with van der Waals surface area (Å²) in [4.78, 5) is 18.3. The Balaban J connectivity index is 1.63. The number of likely N-dealkylation sites (tertiary alicyclic amines) is 1. The molecular weight excluding hydrogens is 238 g/mol. The van der Waals surface area contributed by atoms with Gasteiger partial charge in [0.05, 0.1) is 6.54 Å². The molecule has 0 spiro atoms. The summed E-state index contributed by atoms with van der Waals surface area (Å²) in [6, 6.07) is 5.92. The number of aromatic nitrogens is 1. The minimum Gasteiger partial charge on any atom is -0.342 e. The van der Waals surface area contributed by atoms with E-state index in [1.54, 1.807) is 6.20 Å². The van der Waals surface area contributed by atoms with Crippen molar-refractivity contribution in [3.8, 4) is 0 Å². The highest BCUT2D eigenvalue weighted by Gasteiger charge is 2.14. The summed E-state index contributed by atoms with van der Waals surface area (Å²) in [5, 5.41) is 3.22. The van der Waals surface area contributed by atoms with E-state index in [0.29, 0.717) is 6.54 Å². The lowest BCUT2D eigenvalue weighted by Crippen LogP contribution is -2.39. The molecule has 1 N–H and O–H groups in total. The first-order valence-corrected chi connectivity index (χ1v) is 7.24. The Morgan fingerprint density at radius 3 is 2.68 bits per heavy atom. The van der Waals surface area contributed by atoms with Gasteiger partial charge in [0, 0.05) is 37.9 Å². The van der Waals surface area contributed by atoms with Crippen molar-refractivity contribution in [2.45, 2.75) is 32.1 Å². The third kappa shape index (κ3) is 4.99.